The summed E-state index contributed by atoms with van der Waals surface area (Å²) < 4.78 is 24.3. The van der Waals surface area contributed by atoms with Crippen molar-refractivity contribution in [1.82, 2.24) is 10.1 Å². The van der Waals surface area contributed by atoms with Crippen molar-refractivity contribution >= 4 is 11.6 Å². The number of carbonyl (C=O) groups is 1. The zero-order chi connectivity index (χ0) is 20.4. The molecule has 0 N–H and O–H groups in total. The molecule has 0 bridgehead atoms. The molecule has 2 heterocycles. The Balaban J connectivity index is 1.45. The highest BCUT2D eigenvalue weighted by Crippen LogP contribution is 2.32. The topological polar surface area (TPSA) is 68.5 Å². The van der Waals surface area contributed by atoms with E-state index in [9.17, 15) is 9.18 Å². The van der Waals surface area contributed by atoms with E-state index in [0.717, 1.165) is 11.3 Å². The van der Waals surface area contributed by atoms with Crippen molar-refractivity contribution in [3.05, 3.63) is 60.2 Å². The first-order valence-corrected chi connectivity index (χ1v) is 9.62. The van der Waals surface area contributed by atoms with Crippen LogP contribution in [0.4, 0.5) is 10.1 Å². The van der Waals surface area contributed by atoms with Gasteiger partial charge in [0.2, 0.25) is 17.6 Å². The summed E-state index contributed by atoms with van der Waals surface area (Å²) in [6.07, 6.45) is 0.279. The number of rotatable bonds is 6. The quantitative estimate of drug-likeness (QED) is 0.618. The lowest BCUT2D eigenvalue weighted by Gasteiger charge is -2.15. The smallest absolute Gasteiger partial charge is 0.232 e. The minimum absolute atomic E-state index is 0.0481. The molecule has 1 atom stereocenters. The second kappa shape index (κ2) is 8.03. The lowest BCUT2D eigenvalue weighted by atomic mass is 10.1. The van der Waals surface area contributed by atoms with E-state index in [1.807, 2.05) is 24.3 Å². The SMILES string of the molecule is CC(C)COc1ccc(-c2noc(C3CC(=O)N(c4ccc(F)cc4)C3)n2)cc1. The third-order valence-electron chi connectivity index (χ3n) is 4.75. The van der Waals surface area contributed by atoms with Crippen molar-refractivity contribution in [3.8, 4) is 17.1 Å². The van der Waals surface area contributed by atoms with Crippen LogP contribution >= 0.6 is 0 Å². The van der Waals surface area contributed by atoms with Crippen LogP contribution in [0.3, 0.4) is 0 Å². The summed E-state index contributed by atoms with van der Waals surface area (Å²) >= 11 is 0. The lowest BCUT2D eigenvalue weighted by molar-refractivity contribution is -0.117. The van der Waals surface area contributed by atoms with Crippen LogP contribution in [0.2, 0.25) is 0 Å². The van der Waals surface area contributed by atoms with Crippen LogP contribution in [0.25, 0.3) is 11.4 Å². The van der Waals surface area contributed by atoms with Crippen LogP contribution in [0.15, 0.2) is 53.1 Å². The molecule has 1 aliphatic heterocycles. The van der Waals surface area contributed by atoms with Crippen molar-refractivity contribution in [2.45, 2.75) is 26.2 Å². The van der Waals surface area contributed by atoms with Crippen LogP contribution < -0.4 is 9.64 Å². The molecule has 1 aliphatic rings. The third kappa shape index (κ3) is 4.29. The first-order chi connectivity index (χ1) is 14.0. The predicted octanol–water partition coefficient (Wildman–Crippen LogP) is 4.43. The highest BCUT2D eigenvalue weighted by Gasteiger charge is 2.35. The average molecular weight is 395 g/mol. The van der Waals surface area contributed by atoms with Gasteiger partial charge in [-0.25, -0.2) is 4.39 Å². The number of nitrogens with zero attached hydrogens (tertiary/aromatic N) is 3. The summed E-state index contributed by atoms with van der Waals surface area (Å²) in [6.45, 7) is 5.28. The molecular formula is C22H22FN3O3. The van der Waals surface area contributed by atoms with E-state index in [4.69, 9.17) is 9.26 Å². The van der Waals surface area contributed by atoms with Crippen LogP contribution in [-0.4, -0.2) is 29.2 Å². The van der Waals surface area contributed by atoms with Gasteiger partial charge in [0, 0.05) is 24.2 Å². The monoisotopic (exact) mass is 395 g/mol. The van der Waals surface area contributed by atoms with Crippen LogP contribution in [0, 0.1) is 11.7 Å². The number of ether oxygens (including phenoxy) is 1. The lowest BCUT2D eigenvalue weighted by Crippen LogP contribution is -2.24. The Hall–Kier alpha value is -3.22. The summed E-state index contributed by atoms with van der Waals surface area (Å²) in [7, 11) is 0. The maximum Gasteiger partial charge on any atom is 0.232 e. The van der Waals surface area contributed by atoms with Crippen molar-refractivity contribution in [2.75, 3.05) is 18.1 Å². The van der Waals surface area contributed by atoms with Crippen molar-refractivity contribution in [2.24, 2.45) is 5.92 Å². The Morgan fingerprint density at radius 2 is 1.90 bits per heavy atom. The number of aromatic nitrogens is 2. The van der Waals surface area contributed by atoms with Gasteiger partial charge in [0.15, 0.2) is 0 Å². The first-order valence-electron chi connectivity index (χ1n) is 9.62. The molecule has 3 aromatic rings. The van der Waals surface area contributed by atoms with Crippen LogP contribution in [0.1, 0.15) is 32.1 Å². The highest BCUT2D eigenvalue weighted by molar-refractivity contribution is 5.96. The van der Waals surface area contributed by atoms with Gasteiger partial charge in [0.25, 0.3) is 0 Å². The van der Waals surface area contributed by atoms with E-state index in [1.54, 1.807) is 17.0 Å². The molecule has 2 aromatic carbocycles. The molecule has 150 valence electrons. The fourth-order valence-electron chi connectivity index (χ4n) is 3.22. The Morgan fingerprint density at radius 1 is 1.17 bits per heavy atom. The number of amides is 1. The van der Waals surface area contributed by atoms with E-state index in [2.05, 4.69) is 24.0 Å². The fraction of sp³-hybridized carbons (Fsp3) is 0.318. The Kier molecular flexibility index (Phi) is 5.29. The number of hydrogen-bond acceptors (Lipinski definition) is 5. The number of benzene rings is 2. The van der Waals surface area contributed by atoms with Gasteiger partial charge in [0.05, 0.1) is 12.5 Å². The normalized spacial score (nSPS) is 16.6. The van der Waals surface area contributed by atoms with Gasteiger partial charge in [-0.15, -0.1) is 0 Å². The summed E-state index contributed by atoms with van der Waals surface area (Å²) in [5.74, 6) is 1.58. The molecule has 4 rings (SSSR count). The number of hydrogen-bond donors (Lipinski definition) is 0. The van der Waals surface area contributed by atoms with E-state index < -0.39 is 0 Å². The first kappa shape index (κ1) is 19.1. The van der Waals surface area contributed by atoms with E-state index in [-0.39, 0.29) is 24.1 Å². The van der Waals surface area contributed by atoms with Crippen molar-refractivity contribution in [3.63, 3.8) is 0 Å². The summed E-state index contributed by atoms with van der Waals surface area (Å²) in [5.41, 5.74) is 1.48. The minimum Gasteiger partial charge on any atom is -0.493 e. The Bertz CT molecular complexity index is 983. The summed E-state index contributed by atoms with van der Waals surface area (Å²) in [4.78, 5) is 18.5. The van der Waals surface area contributed by atoms with Crippen LogP contribution in [0.5, 0.6) is 5.75 Å². The molecule has 0 radical (unpaired) electrons. The molecular weight excluding hydrogens is 373 g/mol. The second-order valence-electron chi connectivity index (χ2n) is 7.57. The summed E-state index contributed by atoms with van der Waals surface area (Å²) in [6, 6.07) is 13.4. The molecule has 0 saturated carbocycles. The van der Waals surface area contributed by atoms with Gasteiger partial charge in [-0.2, -0.15) is 4.98 Å². The number of halogens is 1. The summed E-state index contributed by atoms with van der Waals surface area (Å²) in [5, 5.41) is 4.06. The molecule has 7 heteroatoms. The van der Waals surface area contributed by atoms with Gasteiger partial charge >= 0.3 is 0 Å². The van der Waals surface area contributed by atoms with Crippen molar-refractivity contribution < 1.29 is 18.4 Å². The van der Waals surface area contributed by atoms with E-state index >= 15 is 0 Å². The van der Waals surface area contributed by atoms with Crippen LogP contribution in [-0.2, 0) is 4.79 Å². The Morgan fingerprint density at radius 3 is 2.59 bits per heavy atom. The molecule has 1 saturated heterocycles. The molecule has 0 spiro atoms. The van der Waals surface area contributed by atoms with Gasteiger partial charge < -0.3 is 14.2 Å². The average Bonchev–Trinajstić information content (AvgIpc) is 3.34. The van der Waals surface area contributed by atoms with E-state index in [0.29, 0.717) is 36.5 Å². The maximum absolute atomic E-state index is 13.1. The predicted molar refractivity (Wildman–Crippen MR) is 106 cm³/mol. The van der Waals surface area contributed by atoms with E-state index in [1.165, 1.54) is 12.1 Å². The maximum atomic E-state index is 13.1. The molecule has 1 fully saturated rings. The van der Waals surface area contributed by atoms with Gasteiger partial charge in [-0.3, -0.25) is 4.79 Å². The minimum atomic E-state index is -0.334. The highest BCUT2D eigenvalue weighted by atomic mass is 19.1. The number of carbonyl (C=O) groups excluding carboxylic acids is 1. The molecule has 1 amide bonds. The molecule has 0 aliphatic carbocycles. The standard InChI is InChI=1S/C22H22FN3O3/c1-14(2)13-28-19-9-3-15(4-10-19)21-24-22(29-25-21)16-11-20(27)26(12-16)18-7-5-17(23)6-8-18/h3-10,14,16H,11-13H2,1-2H3. The van der Waals surface area contributed by atoms with Gasteiger partial charge in [-0.05, 0) is 54.4 Å². The third-order valence-corrected chi connectivity index (χ3v) is 4.75. The van der Waals surface area contributed by atoms with Gasteiger partial charge in [0.1, 0.15) is 11.6 Å². The fourth-order valence-corrected chi connectivity index (χ4v) is 3.22. The zero-order valence-corrected chi connectivity index (χ0v) is 16.3. The molecule has 29 heavy (non-hydrogen) atoms. The number of anilines is 1. The van der Waals surface area contributed by atoms with Gasteiger partial charge in [-0.1, -0.05) is 19.0 Å². The molecule has 1 unspecified atom stereocenters. The zero-order valence-electron chi connectivity index (χ0n) is 16.3. The Labute approximate surface area is 168 Å². The largest absolute Gasteiger partial charge is 0.493 e. The van der Waals surface area contributed by atoms with Crippen molar-refractivity contribution in [1.29, 1.82) is 0 Å². The second-order valence-corrected chi connectivity index (χ2v) is 7.57. The molecule has 1 aromatic heterocycles. The molecule has 6 nitrogen and oxygen atoms in total.